The molecule has 9 heteroatoms. The third kappa shape index (κ3) is 2.91. The highest BCUT2D eigenvalue weighted by Crippen LogP contribution is 2.26. The number of nitrogens with one attached hydrogen (secondary N) is 1. The first-order chi connectivity index (χ1) is 14.1. The number of fused-ring (bicyclic) bond motifs is 1. The van der Waals surface area contributed by atoms with E-state index in [9.17, 15) is 4.79 Å². The summed E-state index contributed by atoms with van der Waals surface area (Å²) in [6, 6.07) is 11.4. The first kappa shape index (κ1) is 17.4. The van der Waals surface area contributed by atoms with Gasteiger partial charge in [0.1, 0.15) is 24.0 Å². The predicted molar refractivity (Wildman–Crippen MR) is 109 cm³/mol. The largest absolute Gasteiger partial charge is 0.358 e. The molecule has 1 aliphatic rings. The molecule has 0 saturated carbocycles. The van der Waals surface area contributed by atoms with Crippen molar-refractivity contribution < 1.29 is 4.79 Å². The van der Waals surface area contributed by atoms with Crippen molar-refractivity contribution in [1.82, 2.24) is 29.5 Å². The van der Waals surface area contributed by atoms with E-state index in [1.54, 1.807) is 20.5 Å². The van der Waals surface area contributed by atoms with Crippen LogP contribution in [-0.4, -0.2) is 48.0 Å². The summed E-state index contributed by atoms with van der Waals surface area (Å²) >= 11 is 0. The fourth-order valence-corrected chi connectivity index (χ4v) is 3.77. The van der Waals surface area contributed by atoms with E-state index in [1.807, 2.05) is 50.4 Å². The Balaban J connectivity index is 1.43. The highest BCUT2D eigenvalue weighted by molar-refractivity contribution is 6.01. The van der Waals surface area contributed by atoms with Crippen LogP contribution < -0.4 is 10.2 Å². The van der Waals surface area contributed by atoms with Crippen molar-refractivity contribution >= 4 is 28.6 Å². The van der Waals surface area contributed by atoms with Gasteiger partial charge in [-0.25, -0.2) is 14.6 Å². The number of carbonyl (C=O) groups excluding carboxylic acids is 1. The summed E-state index contributed by atoms with van der Waals surface area (Å²) in [6.45, 7) is 2.55. The van der Waals surface area contributed by atoms with Gasteiger partial charge in [0, 0.05) is 19.7 Å². The fraction of sp³-hybridized carbons (Fsp3) is 0.250. The van der Waals surface area contributed by atoms with Crippen molar-refractivity contribution in [1.29, 1.82) is 0 Å². The predicted octanol–water partition coefficient (Wildman–Crippen LogP) is 2.07. The van der Waals surface area contributed by atoms with Crippen molar-refractivity contribution in [2.45, 2.75) is 19.4 Å². The monoisotopic (exact) mass is 388 g/mol. The Labute approximate surface area is 167 Å². The normalized spacial score (nSPS) is 16.7. The summed E-state index contributed by atoms with van der Waals surface area (Å²) in [5, 5.41) is 12.9. The van der Waals surface area contributed by atoms with E-state index in [0.717, 1.165) is 22.6 Å². The van der Waals surface area contributed by atoms with Gasteiger partial charge in [0.05, 0.1) is 23.0 Å². The Morgan fingerprint density at radius 2 is 2.00 bits per heavy atom. The van der Waals surface area contributed by atoms with Gasteiger partial charge < -0.3 is 5.32 Å². The number of nitrogens with zero attached hydrogens (tertiary/aromatic N) is 7. The summed E-state index contributed by atoms with van der Waals surface area (Å²) in [5.41, 5.74) is 2.50. The maximum absolute atomic E-state index is 13.0. The minimum absolute atomic E-state index is 0.00946. The molecule has 0 aliphatic carbocycles. The van der Waals surface area contributed by atoms with Gasteiger partial charge in [-0.15, -0.1) is 0 Å². The second-order valence-corrected chi connectivity index (χ2v) is 7.09. The first-order valence-electron chi connectivity index (χ1n) is 9.44. The van der Waals surface area contributed by atoms with Gasteiger partial charge in [0.2, 0.25) is 0 Å². The Hall–Kier alpha value is -3.75. The minimum Gasteiger partial charge on any atom is -0.358 e. The maximum atomic E-state index is 13.0. The highest BCUT2D eigenvalue weighted by Gasteiger charge is 2.34. The molecule has 3 aromatic heterocycles. The molecule has 0 radical (unpaired) electrons. The lowest BCUT2D eigenvalue weighted by Gasteiger charge is -2.17. The fourth-order valence-electron chi connectivity index (χ4n) is 3.77. The van der Waals surface area contributed by atoms with E-state index in [4.69, 9.17) is 0 Å². The molecule has 29 heavy (non-hydrogen) atoms. The smallest absolute Gasteiger partial charge is 0.250 e. The average Bonchev–Trinajstić information content (AvgIpc) is 3.40. The van der Waals surface area contributed by atoms with Crippen LogP contribution in [0.2, 0.25) is 0 Å². The number of hydrogen-bond acceptors (Lipinski definition) is 6. The Bertz CT molecular complexity index is 1200. The molecule has 1 N–H and O–H groups in total. The maximum Gasteiger partial charge on any atom is 0.250 e. The van der Waals surface area contributed by atoms with Crippen molar-refractivity contribution in [3.8, 4) is 5.69 Å². The third-order valence-corrected chi connectivity index (χ3v) is 5.14. The first-order valence-corrected chi connectivity index (χ1v) is 9.44. The second kappa shape index (κ2) is 6.69. The molecule has 1 fully saturated rings. The molecule has 146 valence electrons. The molecule has 4 aromatic rings. The number of aromatic nitrogens is 6. The number of anilines is 2. The number of hydrogen-bond donors (Lipinski definition) is 1. The third-order valence-electron chi connectivity index (χ3n) is 5.14. The minimum atomic E-state index is -0.358. The molecular formula is C20H20N8O. The average molecular weight is 388 g/mol. The molecule has 1 atom stereocenters. The molecule has 4 heterocycles. The van der Waals surface area contributed by atoms with Crippen LogP contribution in [0.15, 0.2) is 48.9 Å². The highest BCUT2D eigenvalue weighted by atomic mass is 16.2. The summed E-state index contributed by atoms with van der Waals surface area (Å²) in [5.74, 6) is 1.43. The summed E-state index contributed by atoms with van der Waals surface area (Å²) in [7, 11) is 1.85. The Kier molecular flexibility index (Phi) is 4.01. The lowest BCUT2D eigenvalue weighted by Crippen LogP contribution is -2.34. The zero-order valence-electron chi connectivity index (χ0n) is 16.1. The van der Waals surface area contributed by atoms with Gasteiger partial charge >= 0.3 is 0 Å². The van der Waals surface area contributed by atoms with Gasteiger partial charge in [-0.05, 0) is 25.5 Å². The van der Waals surface area contributed by atoms with Crippen LogP contribution in [0.4, 0.5) is 11.6 Å². The molecule has 9 nitrogen and oxygen atoms in total. The van der Waals surface area contributed by atoms with Gasteiger partial charge in [-0.1, -0.05) is 18.2 Å². The number of rotatable bonds is 4. The van der Waals surface area contributed by atoms with Gasteiger partial charge in [0.25, 0.3) is 5.91 Å². The van der Waals surface area contributed by atoms with Crippen LogP contribution >= 0.6 is 0 Å². The van der Waals surface area contributed by atoms with Crippen LogP contribution in [0, 0.1) is 6.92 Å². The van der Waals surface area contributed by atoms with Crippen LogP contribution in [0.25, 0.3) is 16.7 Å². The molecule has 1 aromatic carbocycles. The lowest BCUT2D eigenvalue weighted by molar-refractivity contribution is -0.117. The second-order valence-electron chi connectivity index (χ2n) is 7.09. The van der Waals surface area contributed by atoms with E-state index in [0.29, 0.717) is 24.4 Å². The summed E-state index contributed by atoms with van der Waals surface area (Å²) < 4.78 is 3.51. The van der Waals surface area contributed by atoms with E-state index in [-0.39, 0.29) is 11.9 Å². The Morgan fingerprint density at radius 3 is 2.76 bits per heavy atom. The molecule has 1 amide bonds. The summed E-state index contributed by atoms with van der Waals surface area (Å²) in [6.07, 6.45) is 3.90. The SMILES string of the molecule is Cc1cc(N2CCC(Nc3ncnc4c3cnn4-c3ccccc3)C2=O)n(C)n1. The van der Waals surface area contributed by atoms with Crippen molar-refractivity contribution in [3.63, 3.8) is 0 Å². The van der Waals surface area contributed by atoms with Crippen LogP contribution in [0.3, 0.4) is 0 Å². The van der Waals surface area contributed by atoms with Gasteiger partial charge in [0.15, 0.2) is 5.65 Å². The van der Waals surface area contributed by atoms with Crippen molar-refractivity contribution in [3.05, 3.63) is 54.6 Å². The number of benzene rings is 1. The van der Waals surface area contributed by atoms with Crippen LogP contribution in [0.1, 0.15) is 12.1 Å². The summed E-state index contributed by atoms with van der Waals surface area (Å²) in [4.78, 5) is 23.5. The Morgan fingerprint density at radius 1 is 1.17 bits per heavy atom. The quantitative estimate of drug-likeness (QED) is 0.575. The van der Waals surface area contributed by atoms with Gasteiger partial charge in [-0.2, -0.15) is 10.2 Å². The number of para-hydroxylation sites is 1. The zero-order valence-corrected chi connectivity index (χ0v) is 16.1. The topological polar surface area (TPSA) is 93.8 Å². The number of aryl methyl sites for hydroxylation is 2. The molecule has 1 unspecified atom stereocenters. The standard InChI is InChI=1S/C20H20N8O/c1-13-10-17(26(2)25-13)27-9-8-16(20(27)29)24-18-15-11-23-28(19(15)22-12-21-18)14-6-4-3-5-7-14/h3-7,10-12,16H,8-9H2,1-2H3,(H,21,22,24). The number of carbonyl (C=O) groups is 1. The molecule has 1 aliphatic heterocycles. The van der Waals surface area contributed by atoms with Crippen molar-refractivity contribution in [2.75, 3.05) is 16.8 Å². The lowest BCUT2D eigenvalue weighted by atomic mass is 10.2. The van der Waals surface area contributed by atoms with E-state index >= 15 is 0 Å². The van der Waals surface area contributed by atoms with Crippen LogP contribution in [-0.2, 0) is 11.8 Å². The zero-order chi connectivity index (χ0) is 20.0. The molecular weight excluding hydrogens is 368 g/mol. The van der Waals surface area contributed by atoms with Gasteiger partial charge in [-0.3, -0.25) is 14.4 Å². The molecule has 0 spiro atoms. The molecule has 5 rings (SSSR count). The van der Waals surface area contributed by atoms with Crippen molar-refractivity contribution in [2.24, 2.45) is 7.05 Å². The molecule has 1 saturated heterocycles. The molecule has 0 bridgehead atoms. The number of amides is 1. The van der Waals surface area contributed by atoms with E-state index < -0.39 is 0 Å². The van der Waals surface area contributed by atoms with E-state index in [2.05, 4.69) is 25.5 Å². The van der Waals surface area contributed by atoms with Crippen LogP contribution in [0.5, 0.6) is 0 Å². The van der Waals surface area contributed by atoms with E-state index in [1.165, 1.54) is 6.33 Å².